The van der Waals surface area contributed by atoms with Crippen LogP contribution in [0.2, 0.25) is 0 Å². The van der Waals surface area contributed by atoms with Gasteiger partial charge in [-0.2, -0.15) is 0 Å². The second-order valence-corrected chi connectivity index (χ2v) is 4.47. The number of nitrogens with one attached hydrogen (secondary N) is 1. The number of carbonyl (C=O) groups is 1. The number of carbonyl (C=O) groups excluding carboxylic acids is 1. The van der Waals surface area contributed by atoms with Gasteiger partial charge in [-0.25, -0.2) is 0 Å². The van der Waals surface area contributed by atoms with Gasteiger partial charge < -0.3 is 10.1 Å². The second-order valence-electron chi connectivity index (χ2n) is 4.47. The lowest BCUT2D eigenvalue weighted by Crippen LogP contribution is -2.12. The van der Waals surface area contributed by atoms with E-state index in [4.69, 9.17) is 4.74 Å². The van der Waals surface area contributed by atoms with Crippen molar-refractivity contribution in [3.8, 4) is 5.75 Å². The minimum atomic E-state index is -0.202. The van der Waals surface area contributed by atoms with E-state index in [1.165, 1.54) is 0 Å². The number of benzene rings is 1. The van der Waals surface area contributed by atoms with Crippen LogP contribution in [0.3, 0.4) is 0 Å². The Labute approximate surface area is 121 Å². The Balaban J connectivity index is 1.88. The predicted octanol–water partition coefficient (Wildman–Crippen LogP) is 2.89. The average molecular weight is 279 g/mol. The van der Waals surface area contributed by atoms with Crippen molar-refractivity contribution in [2.75, 3.05) is 12.4 Å². The fraction of sp³-hybridized carbons (Fsp3) is 0.0625. The molecule has 0 unspecified atom stereocenters. The number of aromatic nitrogens is 2. The standard InChI is InChI=1S/C16H13N3O2/c1-21-14-3-2-11-8-12(10-18-15(11)9-14)16(20)19-13-4-6-17-7-5-13/h2-10H,1H3,(H,17,19,20). The molecule has 0 saturated heterocycles. The quantitative estimate of drug-likeness (QED) is 0.800. The lowest BCUT2D eigenvalue weighted by atomic mass is 10.1. The first-order valence-electron chi connectivity index (χ1n) is 6.41. The Hall–Kier alpha value is -2.95. The summed E-state index contributed by atoms with van der Waals surface area (Å²) in [6, 6.07) is 10.8. The van der Waals surface area contributed by atoms with Crippen LogP contribution < -0.4 is 10.1 Å². The molecule has 21 heavy (non-hydrogen) atoms. The fourth-order valence-electron chi connectivity index (χ4n) is 1.99. The number of methoxy groups -OCH3 is 1. The number of rotatable bonds is 3. The highest BCUT2D eigenvalue weighted by atomic mass is 16.5. The van der Waals surface area contributed by atoms with Crippen LogP contribution >= 0.6 is 0 Å². The Kier molecular flexibility index (Phi) is 3.47. The summed E-state index contributed by atoms with van der Waals surface area (Å²) in [5.41, 5.74) is 1.99. The lowest BCUT2D eigenvalue weighted by molar-refractivity contribution is 0.102. The largest absolute Gasteiger partial charge is 0.497 e. The Morgan fingerprint density at radius 3 is 2.71 bits per heavy atom. The molecule has 104 valence electrons. The molecule has 0 aliphatic rings. The molecule has 0 saturated carbocycles. The molecule has 1 N–H and O–H groups in total. The van der Waals surface area contributed by atoms with Crippen LogP contribution in [0.4, 0.5) is 5.69 Å². The summed E-state index contributed by atoms with van der Waals surface area (Å²) in [5.74, 6) is 0.537. The van der Waals surface area contributed by atoms with Gasteiger partial charge in [-0.15, -0.1) is 0 Å². The van der Waals surface area contributed by atoms with Gasteiger partial charge in [0.05, 0.1) is 18.2 Å². The van der Waals surface area contributed by atoms with E-state index < -0.39 is 0 Å². The zero-order valence-electron chi connectivity index (χ0n) is 11.4. The number of pyridine rings is 2. The van der Waals surface area contributed by atoms with Crippen LogP contribution in [-0.2, 0) is 0 Å². The Morgan fingerprint density at radius 2 is 1.95 bits per heavy atom. The van der Waals surface area contributed by atoms with Gasteiger partial charge >= 0.3 is 0 Å². The summed E-state index contributed by atoms with van der Waals surface area (Å²) >= 11 is 0. The third kappa shape index (κ3) is 2.81. The fourth-order valence-corrected chi connectivity index (χ4v) is 1.99. The first kappa shape index (κ1) is 13.1. The third-order valence-corrected chi connectivity index (χ3v) is 3.09. The minimum Gasteiger partial charge on any atom is -0.497 e. The maximum atomic E-state index is 12.2. The van der Waals surface area contributed by atoms with E-state index in [2.05, 4.69) is 15.3 Å². The van der Waals surface area contributed by atoms with Crippen LogP contribution in [-0.4, -0.2) is 23.0 Å². The molecular weight excluding hydrogens is 266 g/mol. The van der Waals surface area contributed by atoms with Crippen LogP contribution in [0.5, 0.6) is 5.75 Å². The van der Waals surface area contributed by atoms with Gasteiger partial charge in [0, 0.05) is 35.7 Å². The van der Waals surface area contributed by atoms with Crippen molar-refractivity contribution in [3.05, 3.63) is 60.6 Å². The predicted molar refractivity (Wildman–Crippen MR) is 80.5 cm³/mol. The molecule has 0 aliphatic carbocycles. The number of hydrogen-bond donors (Lipinski definition) is 1. The summed E-state index contributed by atoms with van der Waals surface area (Å²) in [7, 11) is 1.61. The van der Waals surface area contributed by atoms with E-state index in [9.17, 15) is 4.79 Å². The van der Waals surface area contributed by atoms with E-state index in [1.807, 2.05) is 18.2 Å². The molecule has 5 nitrogen and oxygen atoms in total. The molecule has 0 aliphatic heterocycles. The summed E-state index contributed by atoms with van der Waals surface area (Å²) in [5, 5.41) is 3.69. The number of amides is 1. The Morgan fingerprint density at radius 1 is 1.14 bits per heavy atom. The second kappa shape index (κ2) is 5.58. The molecule has 0 radical (unpaired) electrons. The molecule has 0 bridgehead atoms. The first-order chi connectivity index (χ1) is 10.3. The van der Waals surface area contributed by atoms with Crippen molar-refractivity contribution in [3.63, 3.8) is 0 Å². The summed E-state index contributed by atoms with van der Waals surface area (Å²) in [6.45, 7) is 0. The van der Waals surface area contributed by atoms with Crippen molar-refractivity contribution < 1.29 is 9.53 Å². The summed E-state index contributed by atoms with van der Waals surface area (Å²) in [6.07, 6.45) is 4.80. The highest BCUT2D eigenvalue weighted by Gasteiger charge is 2.08. The molecule has 1 aromatic carbocycles. The van der Waals surface area contributed by atoms with Gasteiger partial charge in [-0.05, 0) is 30.3 Å². The van der Waals surface area contributed by atoms with E-state index >= 15 is 0 Å². The van der Waals surface area contributed by atoms with Crippen molar-refractivity contribution in [1.29, 1.82) is 0 Å². The van der Waals surface area contributed by atoms with Gasteiger partial charge in [-0.3, -0.25) is 14.8 Å². The van der Waals surface area contributed by atoms with Crippen LogP contribution in [0.15, 0.2) is 55.0 Å². The highest BCUT2D eigenvalue weighted by Crippen LogP contribution is 2.20. The van der Waals surface area contributed by atoms with E-state index in [1.54, 1.807) is 43.9 Å². The zero-order valence-corrected chi connectivity index (χ0v) is 11.4. The molecule has 3 rings (SSSR count). The molecule has 5 heteroatoms. The molecule has 0 spiro atoms. The van der Waals surface area contributed by atoms with E-state index in [0.717, 1.165) is 16.7 Å². The van der Waals surface area contributed by atoms with Gasteiger partial charge in [-0.1, -0.05) is 0 Å². The van der Waals surface area contributed by atoms with Crippen molar-refractivity contribution in [2.45, 2.75) is 0 Å². The topological polar surface area (TPSA) is 64.1 Å². The monoisotopic (exact) mass is 279 g/mol. The van der Waals surface area contributed by atoms with Gasteiger partial charge in [0.25, 0.3) is 5.91 Å². The number of anilines is 1. The normalized spacial score (nSPS) is 10.3. The number of hydrogen-bond acceptors (Lipinski definition) is 4. The zero-order chi connectivity index (χ0) is 14.7. The first-order valence-corrected chi connectivity index (χ1v) is 6.41. The molecule has 2 aromatic heterocycles. The van der Waals surface area contributed by atoms with Gasteiger partial charge in [0.2, 0.25) is 0 Å². The summed E-state index contributed by atoms with van der Waals surface area (Å²) < 4.78 is 5.15. The van der Waals surface area contributed by atoms with E-state index in [-0.39, 0.29) is 5.91 Å². The van der Waals surface area contributed by atoms with Crippen LogP contribution in [0, 0.1) is 0 Å². The SMILES string of the molecule is COc1ccc2cc(C(=O)Nc3ccncc3)cnc2c1. The molecule has 2 heterocycles. The van der Waals surface area contributed by atoms with Crippen molar-refractivity contribution in [1.82, 2.24) is 9.97 Å². The van der Waals surface area contributed by atoms with Crippen LogP contribution in [0.25, 0.3) is 10.9 Å². The molecule has 1 amide bonds. The minimum absolute atomic E-state index is 0.202. The molecule has 0 atom stereocenters. The molecular formula is C16H13N3O2. The van der Waals surface area contributed by atoms with Crippen molar-refractivity contribution >= 4 is 22.5 Å². The maximum Gasteiger partial charge on any atom is 0.257 e. The summed E-state index contributed by atoms with van der Waals surface area (Å²) in [4.78, 5) is 20.4. The van der Waals surface area contributed by atoms with Crippen LogP contribution in [0.1, 0.15) is 10.4 Å². The Bertz CT molecular complexity index is 788. The van der Waals surface area contributed by atoms with Gasteiger partial charge in [0.15, 0.2) is 0 Å². The number of fused-ring (bicyclic) bond motifs is 1. The van der Waals surface area contributed by atoms with Gasteiger partial charge in [0.1, 0.15) is 5.75 Å². The lowest BCUT2D eigenvalue weighted by Gasteiger charge is -2.06. The van der Waals surface area contributed by atoms with Crippen molar-refractivity contribution in [2.24, 2.45) is 0 Å². The maximum absolute atomic E-state index is 12.2. The number of nitrogens with zero attached hydrogens (tertiary/aromatic N) is 2. The molecule has 3 aromatic rings. The van der Waals surface area contributed by atoms with E-state index in [0.29, 0.717) is 11.3 Å². The third-order valence-electron chi connectivity index (χ3n) is 3.09. The molecule has 0 fully saturated rings. The highest BCUT2D eigenvalue weighted by molar-refractivity contribution is 6.05. The smallest absolute Gasteiger partial charge is 0.257 e. The number of ether oxygens (including phenoxy) is 1. The average Bonchev–Trinajstić information content (AvgIpc) is 2.54.